The summed E-state index contributed by atoms with van der Waals surface area (Å²) in [4.78, 5) is 0. The van der Waals surface area contributed by atoms with Gasteiger partial charge in [-0.3, -0.25) is 0 Å². The minimum Gasteiger partial charge on any atom is -0.489 e. The zero-order valence-corrected chi connectivity index (χ0v) is 13.2. The van der Waals surface area contributed by atoms with Crippen LogP contribution in [0.2, 0.25) is 5.02 Å². The Balaban J connectivity index is 1.73. The molecule has 104 valence electrons. The molecule has 1 aliphatic carbocycles. The molecule has 0 fully saturated rings. The summed E-state index contributed by atoms with van der Waals surface area (Å²) < 4.78 is 6.80. The minimum absolute atomic E-state index is 0.181. The number of rotatable bonds is 3. The fraction of sp³-hybridized carbons (Fsp3) is 0.250. The zero-order valence-electron chi connectivity index (χ0n) is 10.9. The van der Waals surface area contributed by atoms with Crippen LogP contribution in [-0.4, -0.2) is 0 Å². The summed E-state index contributed by atoms with van der Waals surface area (Å²) in [6, 6.07) is 12.1. The summed E-state index contributed by atoms with van der Waals surface area (Å²) in [6.45, 7) is 0.469. The van der Waals surface area contributed by atoms with Crippen LogP contribution in [0, 0.1) is 0 Å². The van der Waals surface area contributed by atoms with Crippen LogP contribution in [0.5, 0.6) is 5.75 Å². The Labute approximate surface area is 132 Å². The van der Waals surface area contributed by atoms with E-state index in [1.54, 1.807) is 0 Å². The summed E-state index contributed by atoms with van der Waals surface area (Å²) in [5.41, 5.74) is 9.56. The first-order valence-corrected chi connectivity index (χ1v) is 7.76. The number of fused-ring (bicyclic) bond motifs is 1. The summed E-state index contributed by atoms with van der Waals surface area (Å²) in [5.74, 6) is 0.872. The first kappa shape index (κ1) is 13.9. The van der Waals surface area contributed by atoms with Crippen LogP contribution in [0.25, 0.3) is 0 Å². The number of hydrogen-bond donors (Lipinski definition) is 1. The lowest BCUT2D eigenvalue weighted by Gasteiger charge is -2.10. The molecule has 0 saturated heterocycles. The van der Waals surface area contributed by atoms with Gasteiger partial charge >= 0.3 is 0 Å². The van der Waals surface area contributed by atoms with Gasteiger partial charge in [-0.25, -0.2) is 0 Å². The molecule has 1 aliphatic rings. The van der Waals surface area contributed by atoms with Crippen molar-refractivity contribution in [2.75, 3.05) is 0 Å². The van der Waals surface area contributed by atoms with E-state index in [1.165, 1.54) is 11.1 Å². The molecule has 2 aromatic carbocycles. The second kappa shape index (κ2) is 5.76. The first-order chi connectivity index (χ1) is 9.63. The maximum Gasteiger partial charge on any atom is 0.120 e. The summed E-state index contributed by atoms with van der Waals surface area (Å²) in [7, 11) is 0. The number of ether oxygens (including phenoxy) is 1. The van der Waals surface area contributed by atoms with Gasteiger partial charge in [-0.2, -0.15) is 0 Å². The van der Waals surface area contributed by atoms with Crippen molar-refractivity contribution in [3.05, 3.63) is 62.6 Å². The van der Waals surface area contributed by atoms with E-state index in [1.807, 2.05) is 24.3 Å². The van der Waals surface area contributed by atoms with Gasteiger partial charge in [0.25, 0.3) is 0 Å². The monoisotopic (exact) mass is 351 g/mol. The Kier molecular flexibility index (Phi) is 4.01. The molecule has 0 heterocycles. The number of halogens is 2. The highest BCUT2D eigenvalue weighted by atomic mass is 79.9. The molecule has 0 bridgehead atoms. The van der Waals surface area contributed by atoms with E-state index in [0.717, 1.165) is 28.6 Å². The molecule has 20 heavy (non-hydrogen) atoms. The number of aryl methyl sites for hydroxylation is 1. The molecule has 0 radical (unpaired) electrons. The third kappa shape index (κ3) is 2.85. The predicted octanol–water partition coefficient (Wildman–Crippen LogP) is 4.63. The molecule has 0 spiro atoms. The topological polar surface area (TPSA) is 35.2 Å². The molecule has 2 N–H and O–H groups in total. The predicted molar refractivity (Wildman–Crippen MR) is 85.2 cm³/mol. The van der Waals surface area contributed by atoms with Gasteiger partial charge < -0.3 is 10.5 Å². The SMILES string of the molecule is N[C@@H]1CCc2cc(OCc3ccc(Br)cc3Cl)ccc21. The lowest BCUT2D eigenvalue weighted by Crippen LogP contribution is -2.05. The van der Waals surface area contributed by atoms with Crippen molar-refractivity contribution in [3.63, 3.8) is 0 Å². The highest BCUT2D eigenvalue weighted by molar-refractivity contribution is 9.10. The molecule has 2 aromatic rings. The quantitative estimate of drug-likeness (QED) is 0.874. The van der Waals surface area contributed by atoms with Gasteiger partial charge in [0.1, 0.15) is 12.4 Å². The molecule has 4 heteroatoms. The van der Waals surface area contributed by atoms with Gasteiger partial charge in [0.05, 0.1) is 0 Å². The summed E-state index contributed by atoms with van der Waals surface area (Å²) >= 11 is 9.58. The molecule has 0 aliphatic heterocycles. The third-order valence-electron chi connectivity index (χ3n) is 3.65. The van der Waals surface area contributed by atoms with Gasteiger partial charge in [-0.1, -0.05) is 39.7 Å². The van der Waals surface area contributed by atoms with Crippen molar-refractivity contribution < 1.29 is 4.74 Å². The lowest BCUT2D eigenvalue weighted by atomic mass is 10.1. The van der Waals surface area contributed by atoms with Gasteiger partial charge in [0.15, 0.2) is 0 Å². The van der Waals surface area contributed by atoms with E-state index in [-0.39, 0.29) is 6.04 Å². The molecule has 0 aromatic heterocycles. The normalized spacial score (nSPS) is 17.1. The van der Waals surface area contributed by atoms with E-state index >= 15 is 0 Å². The summed E-state index contributed by atoms with van der Waals surface area (Å²) in [6.07, 6.45) is 2.06. The van der Waals surface area contributed by atoms with Crippen LogP contribution in [-0.2, 0) is 13.0 Å². The Morgan fingerprint density at radius 3 is 2.90 bits per heavy atom. The lowest BCUT2D eigenvalue weighted by molar-refractivity contribution is 0.306. The molecular formula is C16H15BrClNO. The second-order valence-corrected chi connectivity index (χ2v) is 6.35. The van der Waals surface area contributed by atoms with E-state index in [2.05, 4.69) is 28.1 Å². The van der Waals surface area contributed by atoms with Crippen molar-refractivity contribution in [2.24, 2.45) is 5.73 Å². The van der Waals surface area contributed by atoms with E-state index in [0.29, 0.717) is 11.6 Å². The third-order valence-corrected chi connectivity index (χ3v) is 4.49. The van der Waals surface area contributed by atoms with E-state index in [4.69, 9.17) is 22.1 Å². The smallest absolute Gasteiger partial charge is 0.120 e. The number of benzene rings is 2. The Morgan fingerprint density at radius 1 is 1.25 bits per heavy atom. The van der Waals surface area contributed by atoms with E-state index in [9.17, 15) is 0 Å². The van der Waals surface area contributed by atoms with Crippen molar-refractivity contribution in [1.82, 2.24) is 0 Å². The number of hydrogen-bond acceptors (Lipinski definition) is 2. The van der Waals surface area contributed by atoms with Crippen molar-refractivity contribution >= 4 is 27.5 Å². The van der Waals surface area contributed by atoms with Crippen molar-refractivity contribution in [2.45, 2.75) is 25.5 Å². The second-order valence-electron chi connectivity index (χ2n) is 5.03. The van der Waals surface area contributed by atoms with Gasteiger partial charge in [0.2, 0.25) is 0 Å². The maximum atomic E-state index is 6.18. The van der Waals surface area contributed by atoms with Gasteiger partial charge in [0, 0.05) is 21.1 Å². The van der Waals surface area contributed by atoms with Crippen LogP contribution in [0.1, 0.15) is 29.2 Å². The molecule has 3 rings (SSSR count). The van der Waals surface area contributed by atoms with Crippen LogP contribution >= 0.6 is 27.5 Å². The largest absolute Gasteiger partial charge is 0.489 e. The minimum atomic E-state index is 0.181. The Morgan fingerprint density at radius 2 is 2.10 bits per heavy atom. The zero-order chi connectivity index (χ0) is 14.1. The van der Waals surface area contributed by atoms with E-state index < -0.39 is 0 Å². The Bertz CT molecular complexity index is 644. The fourth-order valence-electron chi connectivity index (χ4n) is 2.52. The van der Waals surface area contributed by atoms with Crippen LogP contribution in [0.3, 0.4) is 0 Å². The first-order valence-electron chi connectivity index (χ1n) is 6.58. The van der Waals surface area contributed by atoms with Gasteiger partial charge in [-0.05, 0) is 48.2 Å². The molecule has 0 saturated carbocycles. The average Bonchev–Trinajstić information content (AvgIpc) is 2.79. The fourth-order valence-corrected chi connectivity index (χ4v) is 3.24. The highest BCUT2D eigenvalue weighted by Crippen LogP contribution is 2.32. The molecule has 2 nitrogen and oxygen atoms in total. The van der Waals surface area contributed by atoms with Crippen molar-refractivity contribution in [3.8, 4) is 5.75 Å². The maximum absolute atomic E-state index is 6.18. The average molecular weight is 353 g/mol. The molecule has 1 atom stereocenters. The van der Waals surface area contributed by atoms with Crippen LogP contribution < -0.4 is 10.5 Å². The Hall–Kier alpha value is -1.03. The number of nitrogens with two attached hydrogens (primary N) is 1. The summed E-state index contributed by atoms with van der Waals surface area (Å²) in [5, 5.41) is 0.711. The van der Waals surface area contributed by atoms with Crippen LogP contribution in [0.15, 0.2) is 40.9 Å². The molecule has 0 unspecified atom stereocenters. The highest BCUT2D eigenvalue weighted by Gasteiger charge is 2.19. The molecule has 0 amide bonds. The standard InChI is InChI=1S/C16H15BrClNO/c17-12-3-1-11(15(18)8-12)9-20-13-4-5-14-10(7-13)2-6-16(14)19/h1,3-5,7-8,16H,2,6,9,19H2/t16-/m1/s1. The van der Waals surface area contributed by atoms with Gasteiger partial charge in [-0.15, -0.1) is 0 Å². The molecular weight excluding hydrogens is 338 g/mol. The van der Waals surface area contributed by atoms with Crippen molar-refractivity contribution in [1.29, 1.82) is 0 Å². The van der Waals surface area contributed by atoms with Crippen LogP contribution in [0.4, 0.5) is 0 Å².